The van der Waals surface area contributed by atoms with Crippen LogP contribution in [0.3, 0.4) is 0 Å². The molecule has 0 amide bonds. The summed E-state index contributed by atoms with van der Waals surface area (Å²) >= 11 is 0. The maximum absolute atomic E-state index is 10.7. The molecule has 1 rings (SSSR count). The van der Waals surface area contributed by atoms with Crippen molar-refractivity contribution in [1.82, 2.24) is 9.78 Å². The largest absolute Gasteiger partial charge is 0.477 e. The minimum atomic E-state index is -0.957. The predicted octanol–water partition coefficient (Wildman–Crippen LogP) is 1.40. The van der Waals surface area contributed by atoms with Gasteiger partial charge in [-0.25, -0.2) is 4.79 Å². The molecule has 0 saturated heterocycles. The highest BCUT2D eigenvalue weighted by Crippen LogP contribution is 1.98. The van der Waals surface area contributed by atoms with E-state index in [1.165, 1.54) is 16.9 Å². The first-order valence-corrected chi connectivity index (χ1v) is 5.08. The number of carboxylic acids is 1. The van der Waals surface area contributed by atoms with Gasteiger partial charge in [0, 0.05) is 12.8 Å². The van der Waals surface area contributed by atoms with E-state index in [1.54, 1.807) is 0 Å². The number of aromatic carboxylic acids is 1. The van der Waals surface area contributed by atoms with Crippen LogP contribution in [0.4, 0.5) is 0 Å². The molecule has 0 saturated carbocycles. The fourth-order valence-electron chi connectivity index (χ4n) is 1.19. The Balaban J connectivity index is 2.31. The molecule has 5 heteroatoms. The molecule has 0 aliphatic carbocycles. The van der Waals surface area contributed by atoms with Gasteiger partial charge in [-0.05, 0) is 12.5 Å². The highest BCUT2D eigenvalue weighted by atomic mass is 16.5. The summed E-state index contributed by atoms with van der Waals surface area (Å²) in [6.45, 7) is 3.81. The van der Waals surface area contributed by atoms with Crippen molar-refractivity contribution < 1.29 is 14.6 Å². The van der Waals surface area contributed by atoms with Crippen LogP contribution in [0, 0.1) is 0 Å². The third kappa shape index (κ3) is 3.71. The van der Waals surface area contributed by atoms with Gasteiger partial charge in [-0.2, -0.15) is 5.10 Å². The number of nitrogens with zero attached hydrogens (tertiary/aromatic N) is 2. The van der Waals surface area contributed by atoms with Crippen LogP contribution >= 0.6 is 0 Å². The van der Waals surface area contributed by atoms with E-state index in [1.807, 2.05) is 0 Å². The lowest BCUT2D eigenvalue weighted by atomic mass is 10.4. The number of rotatable bonds is 7. The first kappa shape index (κ1) is 11.7. The zero-order valence-corrected chi connectivity index (χ0v) is 8.85. The number of ether oxygens (including phenoxy) is 1. The molecule has 0 bridgehead atoms. The van der Waals surface area contributed by atoms with Crippen molar-refractivity contribution >= 4 is 5.97 Å². The monoisotopic (exact) mass is 212 g/mol. The SMILES string of the molecule is CCCCOCCn1nccc1C(=O)O. The first-order valence-electron chi connectivity index (χ1n) is 5.08. The summed E-state index contributed by atoms with van der Waals surface area (Å²) in [5.74, 6) is -0.957. The molecule has 0 atom stereocenters. The molecular weight excluding hydrogens is 196 g/mol. The fourth-order valence-corrected chi connectivity index (χ4v) is 1.19. The molecule has 84 valence electrons. The zero-order chi connectivity index (χ0) is 11.1. The lowest BCUT2D eigenvalue weighted by Crippen LogP contribution is -2.14. The van der Waals surface area contributed by atoms with E-state index in [0.717, 1.165) is 19.4 Å². The predicted molar refractivity (Wildman–Crippen MR) is 54.9 cm³/mol. The molecule has 15 heavy (non-hydrogen) atoms. The Morgan fingerprint density at radius 2 is 2.40 bits per heavy atom. The minimum absolute atomic E-state index is 0.203. The van der Waals surface area contributed by atoms with Crippen LogP contribution in [0.2, 0.25) is 0 Å². The normalized spacial score (nSPS) is 10.5. The van der Waals surface area contributed by atoms with Gasteiger partial charge in [0.2, 0.25) is 0 Å². The van der Waals surface area contributed by atoms with E-state index in [4.69, 9.17) is 9.84 Å². The smallest absolute Gasteiger partial charge is 0.354 e. The van der Waals surface area contributed by atoms with Crippen LogP contribution in [0.25, 0.3) is 0 Å². The second kappa shape index (κ2) is 6.19. The van der Waals surface area contributed by atoms with Gasteiger partial charge in [-0.1, -0.05) is 13.3 Å². The van der Waals surface area contributed by atoms with E-state index < -0.39 is 5.97 Å². The van der Waals surface area contributed by atoms with Crippen LogP contribution in [0.1, 0.15) is 30.3 Å². The molecule has 0 aliphatic rings. The van der Waals surface area contributed by atoms with Gasteiger partial charge >= 0.3 is 5.97 Å². The molecule has 0 aromatic carbocycles. The van der Waals surface area contributed by atoms with Gasteiger partial charge in [0.15, 0.2) is 0 Å². The third-order valence-corrected chi connectivity index (χ3v) is 2.03. The molecule has 1 N–H and O–H groups in total. The summed E-state index contributed by atoms with van der Waals surface area (Å²) in [6, 6.07) is 1.48. The van der Waals surface area contributed by atoms with Gasteiger partial charge in [0.1, 0.15) is 5.69 Å². The average Bonchev–Trinajstić information content (AvgIpc) is 2.66. The van der Waals surface area contributed by atoms with Crippen LogP contribution in [0.5, 0.6) is 0 Å². The molecular formula is C10H16N2O3. The molecule has 0 radical (unpaired) electrons. The van der Waals surface area contributed by atoms with Crippen molar-refractivity contribution in [2.45, 2.75) is 26.3 Å². The Bertz CT molecular complexity index is 309. The van der Waals surface area contributed by atoms with Crippen LogP contribution < -0.4 is 0 Å². The highest BCUT2D eigenvalue weighted by Gasteiger charge is 2.08. The summed E-state index contributed by atoms with van der Waals surface area (Å²) in [5.41, 5.74) is 0.203. The summed E-state index contributed by atoms with van der Waals surface area (Å²) in [4.78, 5) is 10.7. The standard InChI is InChI=1S/C10H16N2O3/c1-2-3-7-15-8-6-12-9(10(13)14)4-5-11-12/h4-5H,2-3,6-8H2,1H3,(H,13,14). The third-order valence-electron chi connectivity index (χ3n) is 2.03. The molecule has 0 aliphatic heterocycles. The maximum atomic E-state index is 10.7. The summed E-state index contributed by atoms with van der Waals surface area (Å²) in [6.07, 6.45) is 3.61. The Labute approximate surface area is 88.7 Å². The summed E-state index contributed by atoms with van der Waals surface area (Å²) in [5, 5.41) is 12.7. The van der Waals surface area contributed by atoms with Gasteiger partial charge < -0.3 is 9.84 Å². The van der Waals surface area contributed by atoms with Gasteiger partial charge in [0.05, 0.1) is 13.2 Å². The number of carboxylic acid groups (broad SMARTS) is 1. The molecule has 1 heterocycles. The Morgan fingerprint density at radius 3 is 3.07 bits per heavy atom. The quantitative estimate of drug-likeness (QED) is 0.694. The van der Waals surface area contributed by atoms with Gasteiger partial charge in [-0.3, -0.25) is 4.68 Å². The summed E-state index contributed by atoms with van der Waals surface area (Å²) in [7, 11) is 0. The van der Waals surface area contributed by atoms with Crippen molar-refractivity contribution in [3.8, 4) is 0 Å². The average molecular weight is 212 g/mol. The van der Waals surface area contributed by atoms with Crippen molar-refractivity contribution in [3.05, 3.63) is 18.0 Å². The van der Waals surface area contributed by atoms with E-state index in [-0.39, 0.29) is 5.69 Å². The Hall–Kier alpha value is -1.36. The first-order chi connectivity index (χ1) is 7.25. The fraction of sp³-hybridized carbons (Fsp3) is 0.600. The number of hydrogen-bond donors (Lipinski definition) is 1. The van der Waals surface area contributed by atoms with Crippen molar-refractivity contribution in [1.29, 1.82) is 0 Å². The molecule has 0 spiro atoms. The Morgan fingerprint density at radius 1 is 1.60 bits per heavy atom. The van der Waals surface area contributed by atoms with E-state index in [9.17, 15) is 4.79 Å². The number of hydrogen-bond acceptors (Lipinski definition) is 3. The van der Waals surface area contributed by atoms with E-state index in [0.29, 0.717) is 13.2 Å². The minimum Gasteiger partial charge on any atom is -0.477 e. The van der Waals surface area contributed by atoms with E-state index >= 15 is 0 Å². The maximum Gasteiger partial charge on any atom is 0.354 e. The van der Waals surface area contributed by atoms with Gasteiger partial charge in [0.25, 0.3) is 0 Å². The second-order valence-corrected chi connectivity index (χ2v) is 3.21. The van der Waals surface area contributed by atoms with Crippen molar-refractivity contribution in [2.24, 2.45) is 0 Å². The number of aromatic nitrogens is 2. The van der Waals surface area contributed by atoms with Crippen LogP contribution in [-0.2, 0) is 11.3 Å². The van der Waals surface area contributed by atoms with Crippen LogP contribution in [0.15, 0.2) is 12.3 Å². The topological polar surface area (TPSA) is 64.4 Å². The van der Waals surface area contributed by atoms with Crippen LogP contribution in [-0.4, -0.2) is 34.1 Å². The molecule has 5 nitrogen and oxygen atoms in total. The Kier molecular flexibility index (Phi) is 4.83. The highest BCUT2D eigenvalue weighted by molar-refractivity contribution is 5.85. The lowest BCUT2D eigenvalue weighted by molar-refractivity contribution is 0.0677. The molecule has 1 aromatic heterocycles. The number of carbonyl (C=O) groups is 1. The lowest BCUT2D eigenvalue weighted by Gasteiger charge is -2.05. The molecule has 1 aromatic rings. The molecule has 0 fully saturated rings. The van der Waals surface area contributed by atoms with Crippen molar-refractivity contribution in [2.75, 3.05) is 13.2 Å². The summed E-state index contributed by atoms with van der Waals surface area (Å²) < 4.78 is 6.77. The van der Waals surface area contributed by atoms with Crippen molar-refractivity contribution in [3.63, 3.8) is 0 Å². The van der Waals surface area contributed by atoms with Gasteiger partial charge in [-0.15, -0.1) is 0 Å². The van der Waals surface area contributed by atoms with E-state index in [2.05, 4.69) is 12.0 Å². The molecule has 0 unspecified atom stereocenters. The zero-order valence-electron chi connectivity index (χ0n) is 8.85. The number of unbranched alkanes of at least 4 members (excludes halogenated alkanes) is 1. The second-order valence-electron chi connectivity index (χ2n) is 3.21.